The van der Waals surface area contributed by atoms with E-state index in [2.05, 4.69) is 0 Å². The van der Waals surface area contributed by atoms with Crippen molar-refractivity contribution in [1.29, 1.82) is 0 Å². The number of hydrogen-bond donors (Lipinski definition) is 0. The minimum atomic E-state index is -3.73. The smallest absolute Gasteiger partial charge is 0.188 e. The monoisotopic (exact) mass is 266 g/mol. The Morgan fingerprint density at radius 1 is 1.27 bits per heavy atom. The second kappa shape index (κ2) is 4.51. The molecule has 0 bridgehead atoms. The summed E-state index contributed by atoms with van der Waals surface area (Å²) in [6, 6.07) is 4.37. The maximum Gasteiger partial charge on any atom is 0.188 e. The van der Waals surface area contributed by atoms with Crippen molar-refractivity contribution in [2.45, 2.75) is 11.8 Å². The summed E-state index contributed by atoms with van der Waals surface area (Å²) in [4.78, 5) is 10.6. The summed E-state index contributed by atoms with van der Waals surface area (Å²) in [7, 11) is -3.73. The van der Waals surface area contributed by atoms with Gasteiger partial charge >= 0.3 is 0 Å². The minimum Gasteiger partial charge on any atom is -0.299 e. The topological polar surface area (TPSA) is 51.2 Å². The third-order valence-corrected chi connectivity index (χ3v) is 4.33. The largest absolute Gasteiger partial charge is 0.299 e. The van der Waals surface area contributed by atoms with Crippen LogP contribution in [0.2, 0.25) is 10.0 Å². The van der Waals surface area contributed by atoms with Crippen LogP contribution >= 0.6 is 23.2 Å². The Hall–Kier alpha value is -0.580. The van der Waals surface area contributed by atoms with E-state index < -0.39 is 21.4 Å². The lowest BCUT2D eigenvalue weighted by Crippen LogP contribution is -2.14. The lowest BCUT2D eigenvalue weighted by Gasteiger charge is -2.06. The van der Waals surface area contributed by atoms with Gasteiger partial charge in [0.15, 0.2) is 9.84 Å². The van der Waals surface area contributed by atoms with Crippen molar-refractivity contribution < 1.29 is 13.2 Å². The minimum absolute atomic E-state index is 0.0313. The standard InChI is InChI=1S/C9H8Cl2O3S/c1-6(12)5-15(13,14)9-7(10)3-2-4-8(9)11/h2-4H,5H2,1H3. The van der Waals surface area contributed by atoms with Gasteiger partial charge in [-0.15, -0.1) is 0 Å². The molecule has 0 spiro atoms. The summed E-state index contributed by atoms with van der Waals surface area (Å²) in [6.07, 6.45) is 0. The zero-order valence-electron chi connectivity index (χ0n) is 7.83. The highest BCUT2D eigenvalue weighted by Crippen LogP contribution is 2.29. The number of carbonyl (C=O) groups excluding carboxylic acids is 1. The van der Waals surface area contributed by atoms with Gasteiger partial charge in [-0.05, 0) is 19.1 Å². The fourth-order valence-corrected chi connectivity index (χ4v) is 3.63. The fraction of sp³-hybridized carbons (Fsp3) is 0.222. The van der Waals surface area contributed by atoms with E-state index in [0.717, 1.165) is 0 Å². The van der Waals surface area contributed by atoms with Crippen LogP contribution in [0.4, 0.5) is 0 Å². The summed E-state index contributed by atoms with van der Waals surface area (Å²) >= 11 is 11.4. The SMILES string of the molecule is CC(=O)CS(=O)(=O)c1c(Cl)cccc1Cl. The van der Waals surface area contributed by atoms with Crippen molar-refractivity contribution in [2.24, 2.45) is 0 Å². The molecule has 0 aliphatic heterocycles. The Labute approximate surface area is 97.9 Å². The molecule has 0 aliphatic rings. The number of carbonyl (C=O) groups is 1. The highest BCUT2D eigenvalue weighted by Gasteiger charge is 2.22. The molecule has 0 atom stereocenters. The molecule has 3 nitrogen and oxygen atoms in total. The van der Waals surface area contributed by atoms with Gasteiger partial charge in [-0.1, -0.05) is 29.3 Å². The first-order valence-corrected chi connectivity index (χ1v) is 6.41. The van der Waals surface area contributed by atoms with Crippen molar-refractivity contribution in [3.8, 4) is 0 Å². The summed E-state index contributed by atoms with van der Waals surface area (Å²) in [6.45, 7) is 1.20. The molecule has 0 unspecified atom stereocenters. The average Bonchev–Trinajstić information content (AvgIpc) is 1.99. The fourth-order valence-electron chi connectivity index (χ4n) is 1.12. The summed E-state index contributed by atoms with van der Waals surface area (Å²) in [5.74, 6) is -1.04. The van der Waals surface area contributed by atoms with E-state index in [1.54, 1.807) is 0 Å². The van der Waals surface area contributed by atoms with Gasteiger partial charge in [-0.25, -0.2) is 8.42 Å². The molecule has 0 aliphatic carbocycles. The average molecular weight is 267 g/mol. The second-order valence-electron chi connectivity index (χ2n) is 3.01. The van der Waals surface area contributed by atoms with Crippen molar-refractivity contribution >= 4 is 38.8 Å². The number of rotatable bonds is 3. The summed E-state index contributed by atoms with van der Waals surface area (Å²) in [5, 5.41) is 0.0625. The molecule has 0 amide bonds. The van der Waals surface area contributed by atoms with Crippen LogP contribution in [-0.2, 0) is 14.6 Å². The van der Waals surface area contributed by atoms with E-state index in [0.29, 0.717) is 0 Å². The predicted molar refractivity (Wildman–Crippen MR) is 59.2 cm³/mol. The van der Waals surface area contributed by atoms with Gasteiger partial charge in [0.25, 0.3) is 0 Å². The van der Waals surface area contributed by atoms with Crippen LogP contribution in [0.15, 0.2) is 23.1 Å². The zero-order chi connectivity index (χ0) is 11.6. The molecule has 0 N–H and O–H groups in total. The van der Waals surface area contributed by atoms with Crippen LogP contribution in [0.5, 0.6) is 0 Å². The molecule has 15 heavy (non-hydrogen) atoms. The summed E-state index contributed by atoms with van der Waals surface area (Å²) in [5.41, 5.74) is 0. The van der Waals surface area contributed by atoms with Gasteiger partial charge in [0.2, 0.25) is 0 Å². The van der Waals surface area contributed by atoms with Gasteiger partial charge in [-0.3, -0.25) is 4.79 Å². The molecule has 1 aromatic carbocycles. The number of Topliss-reactive ketones (excluding diaryl/α,β-unsaturated/α-hetero) is 1. The van der Waals surface area contributed by atoms with Crippen LogP contribution in [0.1, 0.15) is 6.92 Å². The van der Waals surface area contributed by atoms with Crippen molar-refractivity contribution in [3.05, 3.63) is 28.2 Å². The predicted octanol–water partition coefficient (Wildman–Crippen LogP) is 2.36. The quantitative estimate of drug-likeness (QED) is 0.844. The first-order chi connectivity index (χ1) is 6.84. The number of benzene rings is 1. The van der Waals surface area contributed by atoms with Crippen molar-refractivity contribution in [3.63, 3.8) is 0 Å². The zero-order valence-corrected chi connectivity index (χ0v) is 10.2. The van der Waals surface area contributed by atoms with E-state index in [-0.39, 0.29) is 14.9 Å². The Bertz CT molecular complexity index is 474. The molecule has 0 aromatic heterocycles. The van der Waals surface area contributed by atoms with E-state index in [1.165, 1.54) is 25.1 Å². The lowest BCUT2D eigenvalue weighted by molar-refractivity contribution is -0.114. The highest BCUT2D eigenvalue weighted by molar-refractivity contribution is 7.92. The molecule has 0 radical (unpaired) electrons. The van der Waals surface area contributed by atoms with Crippen LogP contribution < -0.4 is 0 Å². The number of halogens is 2. The Morgan fingerprint density at radius 2 is 1.73 bits per heavy atom. The Kier molecular flexibility index (Phi) is 3.76. The first kappa shape index (κ1) is 12.5. The number of hydrogen-bond acceptors (Lipinski definition) is 3. The van der Waals surface area contributed by atoms with E-state index in [4.69, 9.17) is 23.2 Å². The van der Waals surface area contributed by atoms with Crippen molar-refractivity contribution in [1.82, 2.24) is 0 Å². The van der Waals surface area contributed by atoms with Crippen LogP contribution in [0, 0.1) is 0 Å². The van der Waals surface area contributed by atoms with Gasteiger partial charge < -0.3 is 0 Å². The lowest BCUT2D eigenvalue weighted by atomic mass is 10.4. The summed E-state index contributed by atoms with van der Waals surface area (Å²) < 4.78 is 23.4. The maximum atomic E-state index is 11.7. The molecule has 0 heterocycles. The number of sulfone groups is 1. The molecular formula is C9H8Cl2O3S. The molecule has 1 aromatic rings. The van der Waals surface area contributed by atoms with Gasteiger partial charge in [0.1, 0.15) is 16.4 Å². The maximum absolute atomic E-state index is 11.7. The Morgan fingerprint density at radius 3 is 2.13 bits per heavy atom. The first-order valence-electron chi connectivity index (χ1n) is 4.01. The van der Waals surface area contributed by atoms with Crippen LogP contribution in [0.25, 0.3) is 0 Å². The van der Waals surface area contributed by atoms with Gasteiger partial charge in [0, 0.05) is 0 Å². The third-order valence-electron chi connectivity index (χ3n) is 1.62. The third kappa shape index (κ3) is 2.93. The van der Waals surface area contributed by atoms with Gasteiger partial charge in [-0.2, -0.15) is 0 Å². The van der Waals surface area contributed by atoms with E-state index in [1.807, 2.05) is 0 Å². The van der Waals surface area contributed by atoms with Crippen LogP contribution in [0.3, 0.4) is 0 Å². The molecular weight excluding hydrogens is 259 g/mol. The number of ketones is 1. The second-order valence-corrected chi connectivity index (χ2v) is 5.75. The van der Waals surface area contributed by atoms with Gasteiger partial charge in [0.05, 0.1) is 10.0 Å². The van der Waals surface area contributed by atoms with Crippen LogP contribution in [-0.4, -0.2) is 20.0 Å². The Balaban J connectivity index is 3.33. The molecule has 6 heteroatoms. The van der Waals surface area contributed by atoms with E-state index in [9.17, 15) is 13.2 Å². The molecule has 0 saturated carbocycles. The molecule has 0 fully saturated rings. The molecule has 82 valence electrons. The van der Waals surface area contributed by atoms with E-state index >= 15 is 0 Å². The molecule has 1 rings (SSSR count). The highest BCUT2D eigenvalue weighted by atomic mass is 35.5. The van der Waals surface area contributed by atoms with Crippen molar-refractivity contribution in [2.75, 3.05) is 5.75 Å². The molecule has 0 saturated heterocycles. The normalized spacial score (nSPS) is 11.4.